The molecule has 0 bridgehead atoms. The largest absolute Gasteiger partial charge is 0.449 e. The van der Waals surface area contributed by atoms with Crippen LogP contribution in [-0.2, 0) is 10.0 Å². The third-order valence-corrected chi connectivity index (χ3v) is 4.74. The number of aryl methyl sites for hydroxylation is 1. The Kier molecular flexibility index (Phi) is 4.88. The Morgan fingerprint density at radius 2 is 1.87 bits per heavy atom. The molecule has 0 saturated heterocycles. The zero-order chi connectivity index (χ0) is 17.2. The molecule has 2 rings (SSSR count). The first-order valence-electron chi connectivity index (χ1n) is 6.40. The van der Waals surface area contributed by atoms with E-state index in [1.807, 2.05) is 6.92 Å². The van der Waals surface area contributed by atoms with Gasteiger partial charge in [-0.05, 0) is 43.8 Å². The molecule has 23 heavy (non-hydrogen) atoms. The van der Waals surface area contributed by atoms with Crippen LogP contribution in [0.2, 0.25) is 5.02 Å². The number of ether oxygens (including phenoxy) is 1. The topological polar surface area (TPSA) is 98.5 Å². The van der Waals surface area contributed by atoms with Crippen molar-refractivity contribution in [3.05, 3.63) is 57.1 Å². The van der Waals surface area contributed by atoms with Crippen molar-refractivity contribution >= 4 is 27.3 Å². The van der Waals surface area contributed by atoms with E-state index in [9.17, 15) is 18.5 Å². The lowest BCUT2D eigenvalue weighted by molar-refractivity contribution is -0.385. The van der Waals surface area contributed by atoms with Crippen LogP contribution in [0.4, 0.5) is 5.69 Å². The molecule has 1 N–H and O–H groups in total. The number of hydrogen-bond donors (Lipinski definition) is 1. The molecule has 2 aromatic carbocycles. The summed E-state index contributed by atoms with van der Waals surface area (Å²) < 4.78 is 31.1. The highest BCUT2D eigenvalue weighted by molar-refractivity contribution is 7.89. The molecule has 7 nitrogen and oxygen atoms in total. The molecular weight excluding hydrogens is 344 g/mol. The summed E-state index contributed by atoms with van der Waals surface area (Å²) >= 11 is 6.00. The fourth-order valence-electron chi connectivity index (χ4n) is 1.82. The minimum atomic E-state index is -3.79. The summed E-state index contributed by atoms with van der Waals surface area (Å²) in [6.07, 6.45) is 0. The summed E-state index contributed by atoms with van der Waals surface area (Å²) in [4.78, 5) is 10.3. The molecule has 0 fully saturated rings. The summed E-state index contributed by atoms with van der Waals surface area (Å²) in [5.41, 5.74) is 0.389. The van der Waals surface area contributed by atoms with Crippen molar-refractivity contribution in [3.63, 3.8) is 0 Å². The second kappa shape index (κ2) is 6.53. The first-order valence-corrected chi connectivity index (χ1v) is 8.26. The first-order chi connectivity index (χ1) is 10.7. The monoisotopic (exact) mass is 356 g/mol. The van der Waals surface area contributed by atoms with Crippen LogP contribution in [0.25, 0.3) is 0 Å². The normalized spacial score (nSPS) is 11.3. The van der Waals surface area contributed by atoms with Gasteiger partial charge in [0.25, 0.3) is 0 Å². The van der Waals surface area contributed by atoms with Crippen molar-refractivity contribution in [3.8, 4) is 11.5 Å². The van der Waals surface area contributed by atoms with Crippen LogP contribution >= 0.6 is 11.6 Å². The fourth-order valence-corrected chi connectivity index (χ4v) is 2.72. The Labute approximate surface area is 138 Å². The maximum atomic E-state index is 11.7. The number of halogens is 1. The average molecular weight is 357 g/mol. The number of hydrogen-bond acceptors (Lipinski definition) is 5. The van der Waals surface area contributed by atoms with Crippen molar-refractivity contribution in [1.29, 1.82) is 0 Å². The number of nitro benzene ring substituents is 1. The molecule has 0 saturated carbocycles. The Hall–Kier alpha value is -2.16. The van der Waals surface area contributed by atoms with Gasteiger partial charge in [0.15, 0.2) is 0 Å². The van der Waals surface area contributed by atoms with Crippen molar-refractivity contribution < 1.29 is 18.1 Å². The molecular formula is C14H13ClN2O5S. The predicted octanol–water partition coefficient (Wildman–Crippen LogP) is 3.26. The second-order valence-corrected chi connectivity index (χ2v) is 6.92. The number of nitrogens with one attached hydrogen (secondary N) is 1. The molecule has 0 aliphatic carbocycles. The Morgan fingerprint density at radius 3 is 2.48 bits per heavy atom. The standard InChI is InChI=1S/C14H13ClN2O5S/c1-9-3-5-11(15)14(7-9)22-13-6-4-10(23(20,21)16-2)8-12(13)17(18)19/h3-8,16H,1-2H3. The van der Waals surface area contributed by atoms with E-state index in [0.29, 0.717) is 0 Å². The quantitative estimate of drug-likeness (QED) is 0.654. The molecule has 0 unspecified atom stereocenters. The number of rotatable bonds is 5. The van der Waals surface area contributed by atoms with Crippen molar-refractivity contribution in [2.75, 3.05) is 7.05 Å². The minimum Gasteiger partial charge on any atom is -0.449 e. The Bertz CT molecular complexity index is 867. The van der Waals surface area contributed by atoms with Gasteiger partial charge in [0.1, 0.15) is 5.75 Å². The van der Waals surface area contributed by atoms with E-state index in [0.717, 1.165) is 11.6 Å². The van der Waals surface area contributed by atoms with Crippen LogP contribution in [0.3, 0.4) is 0 Å². The van der Waals surface area contributed by atoms with Gasteiger partial charge in [-0.3, -0.25) is 10.1 Å². The van der Waals surface area contributed by atoms with Crippen molar-refractivity contribution in [2.24, 2.45) is 0 Å². The Balaban J connectivity index is 2.51. The smallest absolute Gasteiger partial charge is 0.312 e. The highest BCUT2D eigenvalue weighted by Crippen LogP contribution is 2.36. The third-order valence-electron chi connectivity index (χ3n) is 3.01. The van der Waals surface area contributed by atoms with Gasteiger partial charge in [-0.2, -0.15) is 0 Å². The summed E-state index contributed by atoms with van der Waals surface area (Å²) in [6.45, 7) is 1.82. The molecule has 2 aromatic rings. The number of nitro groups is 1. The van der Waals surface area contributed by atoms with E-state index in [1.54, 1.807) is 18.2 Å². The number of nitrogens with zero attached hydrogens (tertiary/aromatic N) is 1. The zero-order valence-corrected chi connectivity index (χ0v) is 13.8. The van der Waals surface area contributed by atoms with Gasteiger partial charge >= 0.3 is 5.69 Å². The number of sulfonamides is 1. The molecule has 0 spiro atoms. The molecule has 0 aliphatic rings. The molecule has 122 valence electrons. The van der Waals surface area contributed by atoms with E-state index < -0.39 is 20.6 Å². The predicted molar refractivity (Wildman–Crippen MR) is 85.6 cm³/mol. The van der Waals surface area contributed by atoms with E-state index in [1.165, 1.54) is 19.2 Å². The van der Waals surface area contributed by atoms with Crippen LogP contribution in [-0.4, -0.2) is 20.4 Å². The lowest BCUT2D eigenvalue weighted by Gasteiger charge is -2.10. The van der Waals surface area contributed by atoms with Crippen LogP contribution < -0.4 is 9.46 Å². The molecule has 0 amide bonds. The van der Waals surface area contributed by atoms with E-state index in [4.69, 9.17) is 16.3 Å². The SMILES string of the molecule is CNS(=O)(=O)c1ccc(Oc2cc(C)ccc2Cl)c([N+](=O)[O-])c1. The zero-order valence-electron chi connectivity index (χ0n) is 12.2. The molecule has 0 atom stereocenters. The van der Waals surface area contributed by atoms with Crippen molar-refractivity contribution in [1.82, 2.24) is 4.72 Å². The van der Waals surface area contributed by atoms with Gasteiger partial charge in [-0.15, -0.1) is 0 Å². The Morgan fingerprint density at radius 1 is 1.17 bits per heavy atom. The van der Waals surface area contributed by atoms with Gasteiger partial charge < -0.3 is 4.74 Å². The van der Waals surface area contributed by atoms with Gasteiger partial charge in [-0.1, -0.05) is 17.7 Å². The van der Waals surface area contributed by atoms with Crippen molar-refractivity contribution in [2.45, 2.75) is 11.8 Å². The van der Waals surface area contributed by atoms with Crippen LogP contribution in [0.15, 0.2) is 41.3 Å². The van der Waals surface area contributed by atoms with Gasteiger partial charge in [0, 0.05) is 6.07 Å². The molecule has 0 heterocycles. The molecule has 9 heteroatoms. The second-order valence-electron chi connectivity index (χ2n) is 4.63. The van der Waals surface area contributed by atoms with E-state index in [-0.39, 0.29) is 21.4 Å². The van der Waals surface area contributed by atoms with Crippen LogP contribution in [0, 0.1) is 17.0 Å². The maximum Gasteiger partial charge on any atom is 0.312 e. The average Bonchev–Trinajstić information content (AvgIpc) is 2.51. The molecule has 0 aliphatic heterocycles. The van der Waals surface area contributed by atoms with Gasteiger partial charge in [0.05, 0.1) is 14.8 Å². The van der Waals surface area contributed by atoms with E-state index >= 15 is 0 Å². The maximum absolute atomic E-state index is 11.7. The van der Waals surface area contributed by atoms with Gasteiger partial charge in [-0.25, -0.2) is 13.1 Å². The van der Waals surface area contributed by atoms with Crippen LogP contribution in [0.1, 0.15) is 5.56 Å². The fraction of sp³-hybridized carbons (Fsp3) is 0.143. The highest BCUT2D eigenvalue weighted by atomic mass is 35.5. The van der Waals surface area contributed by atoms with Gasteiger partial charge in [0.2, 0.25) is 15.8 Å². The highest BCUT2D eigenvalue weighted by Gasteiger charge is 2.22. The third kappa shape index (κ3) is 3.79. The number of benzene rings is 2. The lowest BCUT2D eigenvalue weighted by atomic mass is 10.2. The summed E-state index contributed by atoms with van der Waals surface area (Å²) in [7, 11) is -2.57. The van der Waals surface area contributed by atoms with E-state index in [2.05, 4.69) is 4.72 Å². The first kappa shape index (κ1) is 17.2. The summed E-state index contributed by atoms with van der Waals surface area (Å²) in [5.74, 6) is 0.150. The summed E-state index contributed by atoms with van der Waals surface area (Å²) in [6, 6.07) is 8.39. The minimum absolute atomic E-state index is 0.0995. The lowest BCUT2D eigenvalue weighted by Crippen LogP contribution is -2.18. The molecule has 0 radical (unpaired) electrons. The summed E-state index contributed by atoms with van der Waals surface area (Å²) in [5, 5.41) is 11.5. The molecule has 0 aromatic heterocycles. The van der Waals surface area contributed by atoms with Crippen LogP contribution in [0.5, 0.6) is 11.5 Å².